The lowest BCUT2D eigenvalue weighted by atomic mass is 10.0. The molecule has 0 aliphatic carbocycles. The highest BCUT2D eigenvalue weighted by Crippen LogP contribution is 2.24. The Hall–Kier alpha value is -2.86. The molecule has 1 amide bonds. The van der Waals surface area contributed by atoms with Crippen LogP contribution < -0.4 is 5.32 Å². The van der Waals surface area contributed by atoms with Gasteiger partial charge in [0.05, 0.1) is 18.6 Å². The van der Waals surface area contributed by atoms with Crippen LogP contribution in [0.25, 0.3) is 0 Å². The lowest BCUT2D eigenvalue weighted by molar-refractivity contribution is -0.141. The second-order valence-corrected chi connectivity index (χ2v) is 7.87. The third-order valence-electron chi connectivity index (χ3n) is 4.77. The fourth-order valence-electron chi connectivity index (χ4n) is 3.19. The molecular weight excluding hydrogens is 394 g/mol. The molecule has 0 aliphatic heterocycles. The van der Waals surface area contributed by atoms with E-state index in [0.29, 0.717) is 0 Å². The Balaban J connectivity index is 1.86. The maximum atomic E-state index is 12.1. The van der Waals surface area contributed by atoms with Gasteiger partial charge >= 0.3 is 12.1 Å². The largest absolute Gasteiger partial charge is 0.481 e. The van der Waals surface area contributed by atoms with Gasteiger partial charge < -0.3 is 19.9 Å². The molecule has 0 saturated heterocycles. The smallest absolute Gasteiger partial charge is 0.407 e. The fraction of sp³-hybridized carbons (Fsp3) is 0.440. The van der Waals surface area contributed by atoms with E-state index in [4.69, 9.17) is 14.6 Å². The minimum absolute atomic E-state index is 0.0955. The third kappa shape index (κ3) is 9.22. The van der Waals surface area contributed by atoms with E-state index in [-0.39, 0.29) is 25.7 Å². The summed E-state index contributed by atoms with van der Waals surface area (Å²) in [6, 6.07) is 15.5. The lowest BCUT2D eigenvalue weighted by Gasteiger charge is -2.20. The number of carbonyl (C=O) groups excluding carboxylic acids is 1. The molecular formula is C25H33NO5. The standard InChI is InChI=1S/C25H33NO5/c1-4-5-7-19-10-12-20(13-11-19)17-30-25(29)26-16-21-8-6-9-22(14-21)23(15-24(27)28)31-18(2)3/h6,8-14,18,23H,4-5,7,15-17H2,1-3H3,(H,26,29)(H,27,28)/t23-/m0/s1. The van der Waals surface area contributed by atoms with Crippen LogP contribution in [-0.2, 0) is 33.8 Å². The van der Waals surface area contributed by atoms with Gasteiger partial charge in [0.15, 0.2) is 0 Å². The van der Waals surface area contributed by atoms with E-state index in [2.05, 4.69) is 24.4 Å². The van der Waals surface area contributed by atoms with Gasteiger partial charge in [-0.15, -0.1) is 0 Å². The van der Waals surface area contributed by atoms with Gasteiger partial charge in [-0.2, -0.15) is 0 Å². The summed E-state index contributed by atoms with van der Waals surface area (Å²) in [5.41, 5.74) is 3.85. The summed E-state index contributed by atoms with van der Waals surface area (Å²) in [7, 11) is 0. The van der Waals surface area contributed by atoms with Crippen LogP contribution in [0.15, 0.2) is 48.5 Å². The number of benzene rings is 2. The number of ether oxygens (including phenoxy) is 2. The predicted molar refractivity (Wildman–Crippen MR) is 120 cm³/mol. The molecule has 2 aromatic carbocycles. The molecule has 168 valence electrons. The second kappa shape index (κ2) is 12.7. The van der Waals surface area contributed by atoms with Gasteiger partial charge in [-0.25, -0.2) is 4.79 Å². The van der Waals surface area contributed by atoms with Gasteiger partial charge in [0, 0.05) is 6.54 Å². The van der Waals surface area contributed by atoms with Crippen molar-refractivity contribution in [1.82, 2.24) is 5.32 Å². The van der Waals surface area contributed by atoms with E-state index in [9.17, 15) is 9.59 Å². The first-order valence-electron chi connectivity index (χ1n) is 10.8. The molecule has 0 heterocycles. The average Bonchev–Trinajstić information content (AvgIpc) is 2.74. The molecule has 0 saturated carbocycles. The molecule has 2 N–H and O–H groups in total. The van der Waals surface area contributed by atoms with Crippen molar-refractivity contribution in [1.29, 1.82) is 0 Å². The quantitative estimate of drug-likeness (QED) is 0.474. The summed E-state index contributed by atoms with van der Waals surface area (Å²) in [5.74, 6) is -0.920. The van der Waals surface area contributed by atoms with Crippen LogP contribution in [-0.4, -0.2) is 23.3 Å². The van der Waals surface area contributed by atoms with Gasteiger partial charge in [-0.3, -0.25) is 4.79 Å². The van der Waals surface area contributed by atoms with E-state index in [1.807, 2.05) is 50.2 Å². The van der Waals surface area contributed by atoms with Crippen molar-refractivity contribution in [2.45, 2.75) is 71.8 Å². The van der Waals surface area contributed by atoms with E-state index < -0.39 is 18.2 Å². The predicted octanol–water partition coefficient (Wildman–Crippen LogP) is 5.40. The number of alkyl carbamates (subject to hydrolysis) is 1. The van der Waals surface area contributed by atoms with Crippen molar-refractivity contribution in [2.24, 2.45) is 0 Å². The van der Waals surface area contributed by atoms with Gasteiger partial charge in [-0.1, -0.05) is 61.9 Å². The Morgan fingerprint density at radius 2 is 1.74 bits per heavy atom. The Morgan fingerprint density at radius 3 is 2.39 bits per heavy atom. The number of aryl methyl sites for hydroxylation is 1. The molecule has 0 radical (unpaired) electrons. The maximum absolute atomic E-state index is 12.1. The Labute approximate surface area is 184 Å². The van der Waals surface area contributed by atoms with Crippen LogP contribution in [0.2, 0.25) is 0 Å². The van der Waals surface area contributed by atoms with Gasteiger partial charge in [0.25, 0.3) is 0 Å². The van der Waals surface area contributed by atoms with Crippen molar-refractivity contribution in [3.05, 3.63) is 70.8 Å². The number of hydrogen-bond acceptors (Lipinski definition) is 4. The average molecular weight is 428 g/mol. The molecule has 0 bridgehead atoms. The molecule has 31 heavy (non-hydrogen) atoms. The first-order chi connectivity index (χ1) is 14.9. The molecule has 0 fully saturated rings. The van der Waals surface area contributed by atoms with Gasteiger partial charge in [0.1, 0.15) is 6.61 Å². The highest BCUT2D eigenvalue weighted by molar-refractivity contribution is 5.68. The molecule has 2 aromatic rings. The maximum Gasteiger partial charge on any atom is 0.407 e. The molecule has 0 unspecified atom stereocenters. The molecule has 6 heteroatoms. The molecule has 0 aromatic heterocycles. The number of carbonyl (C=O) groups is 2. The summed E-state index contributed by atoms with van der Waals surface area (Å²) in [6.07, 6.45) is 2.15. The first-order valence-corrected chi connectivity index (χ1v) is 10.8. The van der Waals surface area contributed by atoms with Crippen molar-refractivity contribution >= 4 is 12.1 Å². The van der Waals surface area contributed by atoms with Crippen LogP contribution in [0.4, 0.5) is 4.79 Å². The SMILES string of the molecule is CCCCc1ccc(COC(=O)NCc2cccc([C@H](CC(=O)O)OC(C)C)c2)cc1. The normalized spacial score (nSPS) is 11.9. The summed E-state index contributed by atoms with van der Waals surface area (Å²) in [4.78, 5) is 23.2. The minimum atomic E-state index is -0.920. The zero-order valence-electron chi connectivity index (χ0n) is 18.6. The summed E-state index contributed by atoms with van der Waals surface area (Å²) in [5, 5.41) is 11.9. The Bertz CT molecular complexity index is 832. The number of carboxylic acids is 1. The second-order valence-electron chi connectivity index (χ2n) is 7.87. The Morgan fingerprint density at radius 1 is 1.03 bits per heavy atom. The van der Waals surface area contributed by atoms with E-state index in [1.165, 1.54) is 18.4 Å². The molecule has 6 nitrogen and oxygen atoms in total. The number of rotatable bonds is 12. The zero-order valence-corrected chi connectivity index (χ0v) is 18.6. The summed E-state index contributed by atoms with van der Waals surface area (Å²) in [6.45, 7) is 6.40. The molecule has 0 aliphatic rings. The fourth-order valence-corrected chi connectivity index (χ4v) is 3.19. The van der Waals surface area contributed by atoms with Crippen LogP contribution in [0.3, 0.4) is 0 Å². The monoisotopic (exact) mass is 427 g/mol. The van der Waals surface area contributed by atoms with Crippen molar-refractivity contribution in [3.8, 4) is 0 Å². The van der Waals surface area contributed by atoms with Crippen LogP contribution in [0.5, 0.6) is 0 Å². The van der Waals surface area contributed by atoms with Gasteiger partial charge in [-0.05, 0) is 48.9 Å². The van der Waals surface area contributed by atoms with E-state index in [1.54, 1.807) is 0 Å². The summed E-state index contributed by atoms with van der Waals surface area (Å²) >= 11 is 0. The van der Waals surface area contributed by atoms with Crippen LogP contribution in [0, 0.1) is 0 Å². The number of amides is 1. The first kappa shape index (κ1) is 24.4. The van der Waals surface area contributed by atoms with Crippen LogP contribution >= 0.6 is 0 Å². The summed E-state index contributed by atoms with van der Waals surface area (Å²) < 4.78 is 11.1. The van der Waals surface area contributed by atoms with Crippen LogP contribution in [0.1, 0.15) is 68.4 Å². The van der Waals surface area contributed by atoms with E-state index >= 15 is 0 Å². The topological polar surface area (TPSA) is 84.9 Å². The number of aliphatic carboxylic acids is 1. The van der Waals surface area contributed by atoms with E-state index in [0.717, 1.165) is 23.1 Å². The molecule has 1 atom stereocenters. The number of unbranched alkanes of at least 4 members (excludes halogenated alkanes) is 1. The van der Waals surface area contributed by atoms with Crippen molar-refractivity contribution in [3.63, 3.8) is 0 Å². The zero-order chi connectivity index (χ0) is 22.6. The molecule has 0 spiro atoms. The molecule has 2 rings (SSSR count). The highest BCUT2D eigenvalue weighted by atomic mass is 16.5. The number of carboxylic acid groups (broad SMARTS) is 1. The van der Waals surface area contributed by atoms with Gasteiger partial charge in [0.2, 0.25) is 0 Å². The number of nitrogens with one attached hydrogen (secondary N) is 1. The minimum Gasteiger partial charge on any atom is -0.481 e. The van der Waals surface area contributed by atoms with Crippen molar-refractivity contribution in [2.75, 3.05) is 0 Å². The number of hydrogen-bond donors (Lipinski definition) is 2. The van der Waals surface area contributed by atoms with Crippen molar-refractivity contribution < 1.29 is 24.2 Å². The third-order valence-corrected chi connectivity index (χ3v) is 4.77. The highest BCUT2D eigenvalue weighted by Gasteiger charge is 2.18. The lowest BCUT2D eigenvalue weighted by Crippen LogP contribution is -2.23. The Kier molecular flexibility index (Phi) is 10.0.